The third kappa shape index (κ3) is 4.04. The van der Waals surface area contributed by atoms with E-state index in [-0.39, 0.29) is 6.42 Å². The van der Waals surface area contributed by atoms with Crippen LogP contribution in [-0.2, 0) is 0 Å². The van der Waals surface area contributed by atoms with E-state index < -0.39 is 9.90 Å². The van der Waals surface area contributed by atoms with Crippen LogP contribution in [0.1, 0.15) is 6.42 Å². The molecule has 0 amide bonds. The van der Waals surface area contributed by atoms with Crippen LogP contribution in [0.15, 0.2) is 12.7 Å². The van der Waals surface area contributed by atoms with Crippen molar-refractivity contribution < 1.29 is 5.11 Å². The Morgan fingerprint density at radius 3 is 2.11 bits per heavy atom. The summed E-state index contributed by atoms with van der Waals surface area (Å²) in [6.45, 7) is 3.38. The van der Waals surface area contributed by atoms with Gasteiger partial charge < -0.3 is 5.11 Å². The van der Waals surface area contributed by atoms with Gasteiger partial charge in [0.25, 0.3) is 0 Å². The summed E-state index contributed by atoms with van der Waals surface area (Å²) in [5.41, 5.74) is 0. The molecule has 0 aliphatic rings. The number of rotatable bonds is 2. The first-order chi connectivity index (χ1) is 3.98. The van der Waals surface area contributed by atoms with Gasteiger partial charge in [-0.15, -0.1) is 6.58 Å². The molecule has 1 atom stereocenters. The van der Waals surface area contributed by atoms with Gasteiger partial charge in [0.1, 0.15) is 6.10 Å². The van der Waals surface area contributed by atoms with Crippen LogP contribution in [0.5, 0.6) is 0 Å². The first-order valence-electron chi connectivity index (χ1n) is 2.34. The molecule has 0 bridgehead atoms. The molecule has 9 heavy (non-hydrogen) atoms. The zero-order valence-corrected chi connectivity index (χ0v) is 6.92. The number of aliphatic hydroxyl groups excluding tert-OH is 1. The normalized spacial score (nSPS) is 15.1. The van der Waals surface area contributed by atoms with Gasteiger partial charge in [-0.3, -0.25) is 0 Å². The number of hydrogen-bond donors (Lipinski definition) is 1. The standard InChI is InChI=1S/C5H7Cl3O/c1-2-3-4(9)5(6,7)8/h2,4,9H,1,3H2/t4-/m0/s1. The highest BCUT2D eigenvalue weighted by atomic mass is 35.6. The molecule has 0 saturated carbocycles. The van der Waals surface area contributed by atoms with Crippen LogP contribution >= 0.6 is 34.8 Å². The van der Waals surface area contributed by atoms with Crippen molar-refractivity contribution in [3.63, 3.8) is 0 Å². The van der Waals surface area contributed by atoms with E-state index in [4.69, 9.17) is 39.9 Å². The summed E-state index contributed by atoms with van der Waals surface area (Å²) in [5.74, 6) is 0. The van der Waals surface area contributed by atoms with E-state index in [1.54, 1.807) is 0 Å². The number of aliphatic hydroxyl groups is 1. The maximum atomic E-state index is 8.92. The van der Waals surface area contributed by atoms with Crippen molar-refractivity contribution in [1.29, 1.82) is 0 Å². The van der Waals surface area contributed by atoms with Gasteiger partial charge in [0.2, 0.25) is 3.79 Å². The van der Waals surface area contributed by atoms with Gasteiger partial charge in [0, 0.05) is 0 Å². The van der Waals surface area contributed by atoms with Crippen LogP contribution in [-0.4, -0.2) is 15.0 Å². The maximum Gasteiger partial charge on any atom is 0.216 e. The molecule has 1 nitrogen and oxygen atoms in total. The van der Waals surface area contributed by atoms with Gasteiger partial charge in [0.15, 0.2) is 0 Å². The molecule has 54 valence electrons. The SMILES string of the molecule is C=CC[C@H](O)C(Cl)(Cl)Cl. The Labute approximate surface area is 69.2 Å². The smallest absolute Gasteiger partial charge is 0.216 e. The number of halogens is 3. The van der Waals surface area contributed by atoms with E-state index in [1.807, 2.05) is 0 Å². The van der Waals surface area contributed by atoms with Crippen LogP contribution in [0.2, 0.25) is 0 Å². The fraction of sp³-hybridized carbons (Fsp3) is 0.600. The van der Waals surface area contributed by atoms with Crippen LogP contribution in [0.25, 0.3) is 0 Å². The topological polar surface area (TPSA) is 20.2 Å². The van der Waals surface area contributed by atoms with E-state index in [1.165, 1.54) is 6.08 Å². The van der Waals surface area contributed by atoms with E-state index >= 15 is 0 Å². The fourth-order valence-electron chi connectivity index (χ4n) is 0.291. The van der Waals surface area contributed by atoms with E-state index in [0.29, 0.717) is 0 Å². The average Bonchev–Trinajstić information content (AvgIpc) is 1.64. The molecule has 0 saturated heterocycles. The Balaban J connectivity index is 3.72. The minimum Gasteiger partial charge on any atom is -0.388 e. The summed E-state index contributed by atoms with van der Waals surface area (Å²) >= 11 is 15.9. The predicted octanol–water partition coefficient (Wildman–Crippen LogP) is 2.29. The summed E-state index contributed by atoms with van der Waals surface area (Å²) in [6.07, 6.45) is 0.822. The van der Waals surface area contributed by atoms with Crippen LogP contribution in [0, 0.1) is 0 Å². The minimum absolute atomic E-state index is 0.288. The van der Waals surface area contributed by atoms with Crippen LogP contribution in [0.3, 0.4) is 0 Å². The maximum absolute atomic E-state index is 8.92. The third-order valence-electron chi connectivity index (χ3n) is 0.768. The lowest BCUT2D eigenvalue weighted by Crippen LogP contribution is -2.23. The lowest BCUT2D eigenvalue weighted by molar-refractivity contribution is 0.182. The molecule has 0 aromatic heterocycles. The summed E-state index contributed by atoms with van der Waals surface area (Å²) in [4.78, 5) is 0. The summed E-state index contributed by atoms with van der Waals surface area (Å²) in [6, 6.07) is 0. The van der Waals surface area contributed by atoms with E-state index in [9.17, 15) is 0 Å². The Morgan fingerprint density at radius 2 is 2.00 bits per heavy atom. The van der Waals surface area contributed by atoms with Crippen molar-refractivity contribution in [1.82, 2.24) is 0 Å². The van der Waals surface area contributed by atoms with Gasteiger partial charge in [-0.25, -0.2) is 0 Å². The zero-order valence-electron chi connectivity index (χ0n) is 4.65. The molecule has 0 aromatic carbocycles. The van der Waals surface area contributed by atoms with Gasteiger partial charge in [0.05, 0.1) is 0 Å². The molecule has 0 radical (unpaired) electrons. The second-order valence-electron chi connectivity index (χ2n) is 1.58. The first kappa shape index (κ1) is 9.57. The molecular weight excluding hydrogens is 182 g/mol. The fourth-order valence-corrected chi connectivity index (χ4v) is 0.559. The van der Waals surface area contributed by atoms with Gasteiger partial charge in [-0.1, -0.05) is 40.9 Å². The van der Waals surface area contributed by atoms with Crippen molar-refractivity contribution in [2.24, 2.45) is 0 Å². The average molecular weight is 189 g/mol. The number of alkyl halides is 3. The molecule has 0 heterocycles. The minimum atomic E-state index is -1.59. The molecule has 0 aromatic rings. The van der Waals surface area contributed by atoms with E-state index in [2.05, 4.69) is 6.58 Å². The van der Waals surface area contributed by atoms with Crippen LogP contribution < -0.4 is 0 Å². The molecule has 4 heteroatoms. The molecule has 1 N–H and O–H groups in total. The predicted molar refractivity (Wildman–Crippen MR) is 41.1 cm³/mol. The summed E-state index contributed by atoms with van der Waals surface area (Å²) in [5, 5.41) is 8.92. The molecule has 0 spiro atoms. The molecular formula is C5H7Cl3O. The highest BCUT2D eigenvalue weighted by Crippen LogP contribution is 2.31. The van der Waals surface area contributed by atoms with Crippen LogP contribution in [0.4, 0.5) is 0 Å². The molecule has 0 aliphatic heterocycles. The Hall–Kier alpha value is 0.570. The monoisotopic (exact) mass is 188 g/mol. The molecule has 0 fully saturated rings. The third-order valence-corrected chi connectivity index (χ3v) is 1.52. The second-order valence-corrected chi connectivity index (χ2v) is 3.95. The van der Waals surface area contributed by atoms with Crippen molar-refractivity contribution in [2.75, 3.05) is 0 Å². The Morgan fingerprint density at radius 1 is 1.56 bits per heavy atom. The summed E-state index contributed by atoms with van der Waals surface area (Å²) < 4.78 is -1.59. The highest BCUT2D eigenvalue weighted by molar-refractivity contribution is 6.68. The second kappa shape index (κ2) is 3.67. The van der Waals surface area contributed by atoms with Crippen molar-refractivity contribution in [3.05, 3.63) is 12.7 Å². The number of hydrogen-bond acceptors (Lipinski definition) is 1. The summed E-state index contributed by atoms with van der Waals surface area (Å²) in [7, 11) is 0. The largest absolute Gasteiger partial charge is 0.388 e. The van der Waals surface area contributed by atoms with Gasteiger partial charge in [-0.05, 0) is 6.42 Å². The molecule has 0 rings (SSSR count). The van der Waals surface area contributed by atoms with E-state index in [0.717, 1.165) is 0 Å². The highest BCUT2D eigenvalue weighted by Gasteiger charge is 2.29. The van der Waals surface area contributed by atoms with Crippen molar-refractivity contribution >= 4 is 34.8 Å². The molecule has 0 aliphatic carbocycles. The molecule has 0 unspecified atom stereocenters. The van der Waals surface area contributed by atoms with Crippen molar-refractivity contribution in [2.45, 2.75) is 16.3 Å². The van der Waals surface area contributed by atoms with Crippen molar-refractivity contribution in [3.8, 4) is 0 Å². The van der Waals surface area contributed by atoms with Gasteiger partial charge >= 0.3 is 0 Å². The quantitative estimate of drug-likeness (QED) is 0.522. The van der Waals surface area contributed by atoms with Gasteiger partial charge in [-0.2, -0.15) is 0 Å². The lowest BCUT2D eigenvalue weighted by atomic mass is 10.3. The first-order valence-corrected chi connectivity index (χ1v) is 3.47. The lowest BCUT2D eigenvalue weighted by Gasteiger charge is -2.16. The zero-order chi connectivity index (χ0) is 7.49. The Kier molecular flexibility index (Phi) is 3.90. The Bertz CT molecular complexity index is 96.9.